The van der Waals surface area contributed by atoms with Crippen molar-refractivity contribution < 1.29 is 9.53 Å². The van der Waals surface area contributed by atoms with E-state index in [1.54, 1.807) is 12.3 Å². The van der Waals surface area contributed by atoms with Crippen LogP contribution in [0.4, 0.5) is 0 Å². The number of nitrogens with one attached hydrogen (secondary N) is 2. The Hall–Kier alpha value is -2.80. The summed E-state index contributed by atoms with van der Waals surface area (Å²) in [5.74, 6) is 0.910. The number of nitrogens with zero attached hydrogens (tertiary/aromatic N) is 3. The Morgan fingerprint density at radius 2 is 2.19 bits per heavy atom. The van der Waals surface area contributed by atoms with Crippen LogP contribution >= 0.6 is 11.6 Å². The van der Waals surface area contributed by atoms with E-state index in [9.17, 15) is 4.79 Å². The Bertz CT molecular complexity index is 908. The van der Waals surface area contributed by atoms with Gasteiger partial charge in [-0.1, -0.05) is 23.7 Å². The number of hydrogen-bond donors (Lipinski definition) is 2. The number of benzene rings is 1. The van der Waals surface area contributed by atoms with Gasteiger partial charge in [-0.25, -0.2) is 0 Å². The maximum Gasteiger partial charge on any atom is 0.271 e. The first-order valence-corrected chi connectivity index (χ1v) is 9.28. The van der Waals surface area contributed by atoms with Gasteiger partial charge in [0.15, 0.2) is 0 Å². The topological polar surface area (TPSA) is 86.9 Å². The number of hydrogen-bond acceptors (Lipinski definition) is 4. The third-order valence-corrected chi connectivity index (χ3v) is 5.05. The van der Waals surface area contributed by atoms with Crippen molar-refractivity contribution in [3.8, 4) is 5.75 Å². The van der Waals surface area contributed by atoms with Crippen molar-refractivity contribution in [2.75, 3.05) is 19.7 Å². The van der Waals surface area contributed by atoms with Crippen LogP contribution in [-0.2, 0) is 6.42 Å². The van der Waals surface area contributed by atoms with Gasteiger partial charge < -0.3 is 9.64 Å². The number of ether oxygens (including phenoxy) is 1. The summed E-state index contributed by atoms with van der Waals surface area (Å²) in [6.07, 6.45) is 3.20. The molecule has 1 aromatic carbocycles. The normalized spacial score (nSPS) is 16.6. The molecule has 0 spiro atoms. The van der Waals surface area contributed by atoms with Crippen LogP contribution in [0.25, 0.3) is 0 Å². The highest BCUT2D eigenvalue weighted by molar-refractivity contribution is 6.32. The van der Waals surface area contributed by atoms with Gasteiger partial charge in [0, 0.05) is 37.3 Å². The minimum absolute atomic E-state index is 0.0149. The Morgan fingerprint density at radius 1 is 1.30 bits per heavy atom. The lowest BCUT2D eigenvalue weighted by atomic mass is 10.0. The largest absolute Gasteiger partial charge is 0.492 e. The molecular weight excluding hydrogens is 366 g/mol. The molecule has 1 aliphatic rings. The third kappa shape index (κ3) is 3.98. The predicted octanol–water partition coefficient (Wildman–Crippen LogP) is 3.04. The van der Waals surface area contributed by atoms with Gasteiger partial charge in [-0.15, -0.1) is 0 Å². The number of H-pyrrole nitrogens is 2. The second-order valence-corrected chi connectivity index (χ2v) is 6.96. The fraction of sp³-hybridized carbons (Fsp3) is 0.316. The summed E-state index contributed by atoms with van der Waals surface area (Å²) in [5, 5.41) is 14.7. The Balaban J connectivity index is 1.30. The summed E-state index contributed by atoms with van der Waals surface area (Å²) in [6.45, 7) is 1.90. The minimum Gasteiger partial charge on any atom is -0.492 e. The molecule has 1 amide bonds. The number of rotatable bonds is 6. The van der Waals surface area contributed by atoms with Crippen LogP contribution in [0.15, 0.2) is 42.6 Å². The summed E-state index contributed by atoms with van der Waals surface area (Å²) in [7, 11) is 0. The van der Waals surface area contributed by atoms with Gasteiger partial charge in [-0.3, -0.25) is 15.0 Å². The summed E-state index contributed by atoms with van der Waals surface area (Å²) < 4.78 is 5.72. The number of aromatic nitrogens is 4. The molecule has 1 fully saturated rings. The molecule has 0 bridgehead atoms. The van der Waals surface area contributed by atoms with E-state index in [2.05, 4.69) is 26.5 Å². The summed E-state index contributed by atoms with van der Waals surface area (Å²) in [5.41, 5.74) is 2.52. The zero-order chi connectivity index (χ0) is 18.6. The van der Waals surface area contributed by atoms with Gasteiger partial charge in [0.25, 0.3) is 5.91 Å². The molecule has 0 aliphatic carbocycles. The second kappa shape index (κ2) is 7.84. The van der Waals surface area contributed by atoms with Gasteiger partial charge in [0.1, 0.15) is 11.4 Å². The lowest BCUT2D eigenvalue weighted by molar-refractivity contribution is 0.0785. The first kappa shape index (κ1) is 17.6. The van der Waals surface area contributed by atoms with Crippen molar-refractivity contribution in [3.63, 3.8) is 0 Å². The summed E-state index contributed by atoms with van der Waals surface area (Å²) in [6, 6.07) is 11.2. The average molecular weight is 386 g/mol. The van der Waals surface area contributed by atoms with E-state index in [0.717, 1.165) is 24.4 Å². The molecule has 4 rings (SSSR count). The van der Waals surface area contributed by atoms with E-state index >= 15 is 0 Å². The number of aromatic amines is 2. The molecule has 27 heavy (non-hydrogen) atoms. The Labute approximate surface area is 161 Å². The molecule has 3 heterocycles. The minimum atomic E-state index is -0.0149. The highest BCUT2D eigenvalue weighted by Gasteiger charge is 2.29. The molecule has 3 aromatic rings. The molecule has 0 unspecified atom stereocenters. The van der Waals surface area contributed by atoms with Gasteiger partial charge in [0.05, 0.1) is 17.3 Å². The quantitative estimate of drug-likeness (QED) is 0.682. The summed E-state index contributed by atoms with van der Waals surface area (Å²) >= 11 is 6.09. The van der Waals surface area contributed by atoms with E-state index in [4.69, 9.17) is 16.3 Å². The first-order chi connectivity index (χ1) is 13.2. The number of amides is 1. The van der Waals surface area contributed by atoms with E-state index in [1.807, 2.05) is 29.2 Å². The molecule has 2 aromatic heterocycles. The molecule has 8 heteroatoms. The van der Waals surface area contributed by atoms with Crippen molar-refractivity contribution >= 4 is 17.5 Å². The maximum atomic E-state index is 12.4. The standard InChI is InChI=1S/C19H20ClN5O2/c20-15-3-1-2-4-18(15)27-10-7-14-11-17(24-22-14)13-6-9-25(12-13)19(26)16-5-8-21-23-16/h1-5,8,11,13H,6-7,9-10,12H2,(H,21,23)(H,22,24)/t13-/m0/s1. The van der Waals surface area contributed by atoms with E-state index in [-0.39, 0.29) is 11.8 Å². The fourth-order valence-electron chi connectivity index (χ4n) is 3.28. The molecule has 1 saturated heterocycles. The third-order valence-electron chi connectivity index (χ3n) is 4.74. The van der Waals surface area contributed by atoms with Gasteiger partial charge in [-0.2, -0.15) is 10.2 Å². The predicted molar refractivity (Wildman–Crippen MR) is 101 cm³/mol. The fourth-order valence-corrected chi connectivity index (χ4v) is 3.47. The summed E-state index contributed by atoms with van der Waals surface area (Å²) in [4.78, 5) is 14.2. The number of halogens is 1. The highest BCUT2D eigenvalue weighted by atomic mass is 35.5. The molecule has 2 N–H and O–H groups in total. The second-order valence-electron chi connectivity index (χ2n) is 6.55. The molecule has 140 valence electrons. The van der Waals surface area contributed by atoms with Gasteiger partial charge >= 0.3 is 0 Å². The zero-order valence-electron chi connectivity index (χ0n) is 14.7. The van der Waals surface area contributed by atoms with E-state index in [0.29, 0.717) is 36.0 Å². The SMILES string of the molecule is O=C(c1ccn[nH]1)N1CC[C@H](c2cc(CCOc3ccccc3Cl)[nH]n2)C1. The van der Waals surface area contributed by atoms with Crippen molar-refractivity contribution in [2.45, 2.75) is 18.8 Å². The van der Waals surface area contributed by atoms with Crippen molar-refractivity contribution in [1.29, 1.82) is 0 Å². The Kier molecular flexibility index (Phi) is 5.11. The average Bonchev–Trinajstić information content (AvgIpc) is 3.44. The van der Waals surface area contributed by atoms with E-state index in [1.165, 1.54) is 0 Å². The number of carbonyl (C=O) groups excluding carboxylic acids is 1. The Morgan fingerprint density at radius 3 is 3.00 bits per heavy atom. The van der Waals surface area contributed by atoms with Crippen LogP contribution in [0.5, 0.6) is 5.75 Å². The van der Waals surface area contributed by atoms with Crippen molar-refractivity contribution in [1.82, 2.24) is 25.3 Å². The maximum absolute atomic E-state index is 12.4. The van der Waals surface area contributed by atoms with Crippen LogP contribution in [0.3, 0.4) is 0 Å². The molecule has 7 nitrogen and oxygen atoms in total. The van der Waals surface area contributed by atoms with Crippen LogP contribution in [0.1, 0.15) is 34.2 Å². The highest BCUT2D eigenvalue weighted by Crippen LogP contribution is 2.27. The number of para-hydroxylation sites is 1. The first-order valence-electron chi connectivity index (χ1n) is 8.91. The number of carbonyl (C=O) groups is 1. The van der Waals surface area contributed by atoms with Crippen LogP contribution in [-0.4, -0.2) is 50.9 Å². The van der Waals surface area contributed by atoms with Crippen LogP contribution in [0, 0.1) is 0 Å². The molecule has 1 aliphatic heterocycles. The van der Waals surface area contributed by atoms with Crippen molar-refractivity contribution in [2.24, 2.45) is 0 Å². The van der Waals surface area contributed by atoms with Gasteiger partial charge in [-0.05, 0) is 30.7 Å². The molecule has 0 saturated carbocycles. The smallest absolute Gasteiger partial charge is 0.271 e. The molecular formula is C19H20ClN5O2. The van der Waals surface area contributed by atoms with Crippen molar-refractivity contribution in [3.05, 3.63) is 64.7 Å². The van der Waals surface area contributed by atoms with Crippen LogP contribution < -0.4 is 4.74 Å². The van der Waals surface area contributed by atoms with Gasteiger partial charge in [0.2, 0.25) is 0 Å². The number of likely N-dealkylation sites (tertiary alicyclic amines) is 1. The molecule has 1 atom stereocenters. The monoisotopic (exact) mass is 385 g/mol. The van der Waals surface area contributed by atoms with E-state index < -0.39 is 0 Å². The lowest BCUT2D eigenvalue weighted by Gasteiger charge is -2.14. The van der Waals surface area contributed by atoms with Crippen LogP contribution in [0.2, 0.25) is 5.02 Å². The molecule has 0 radical (unpaired) electrons. The lowest BCUT2D eigenvalue weighted by Crippen LogP contribution is -2.28. The zero-order valence-corrected chi connectivity index (χ0v) is 15.4.